The van der Waals surface area contributed by atoms with Crippen LogP contribution in [0, 0.1) is 0 Å². The zero-order valence-electron chi connectivity index (χ0n) is 22.4. The number of aromatic nitrogens is 2. The Balaban J connectivity index is 1.32. The van der Waals surface area contributed by atoms with E-state index >= 15 is 0 Å². The van der Waals surface area contributed by atoms with Crippen LogP contribution in [0.2, 0.25) is 0 Å². The monoisotopic (exact) mass is 506 g/mol. The predicted octanol–water partition coefficient (Wildman–Crippen LogP) is 2.28. The van der Waals surface area contributed by atoms with E-state index in [2.05, 4.69) is 68.3 Å². The molecule has 1 aromatic carbocycles. The Labute approximate surface area is 222 Å². The van der Waals surface area contributed by atoms with Gasteiger partial charge >= 0.3 is 0 Å². The number of nitrogens with one attached hydrogen (secondary N) is 6. The van der Waals surface area contributed by atoms with Crippen LogP contribution < -0.4 is 31.9 Å². The Bertz CT molecular complexity index is 974. The Kier molecular flexibility index (Phi) is 12.5. The van der Waals surface area contributed by atoms with Crippen molar-refractivity contribution < 1.29 is 0 Å². The quantitative estimate of drug-likeness (QED) is 0.259. The van der Waals surface area contributed by atoms with E-state index in [4.69, 9.17) is 9.97 Å². The van der Waals surface area contributed by atoms with Crippen LogP contribution in [0.25, 0.3) is 21.8 Å². The minimum Gasteiger partial charge on any atom is -0.317 e. The first-order valence-electron chi connectivity index (χ1n) is 14.3. The minimum atomic E-state index is 0.778. The molecule has 1 aliphatic rings. The summed E-state index contributed by atoms with van der Waals surface area (Å²) in [6, 6.07) is 12.9. The van der Waals surface area contributed by atoms with Crippen LogP contribution in [0.5, 0.6) is 0 Å². The van der Waals surface area contributed by atoms with Crippen molar-refractivity contribution in [3.05, 3.63) is 47.8 Å². The fourth-order valence-corrected chi connectivity index (χ4v) is 4.67. The second-order valence-electron chi connectivity index (χ2n) is 9.94. The number of fused-ring (bicyclic) bond motifs is 2. The molecular weight excluding hydrogens is 460 g/mol. The maximum atomic E-state index is 5.00. The molecule has 3 aromatic rings. The molecule has 0 saturated carbocycles. The Morgan fingerprint density at radius 2 is 0.676 bits per heavy atom. The first-order chi connectivity index (χ1) is 18.4. The number of rotatable bonds is 0. The van der Waals surface area contributed by atoms with Crippen LogP contribution in [0.1, 0.15) is 43.5 Å². The lowest BCUT2D eigenvalue weighted by Gasteiger charge is -2.10. The molecule has 8 heteroatoms. The molecule has 1 aliphatic heterocycles. The number of nitrogens with zero attached hydrogens (tertiary/aromatic N) is 2. The smallest absolute Gasteiger partial charge is 0.0968 e. The SMILES string of the molecule is c1cc2ccc3ccc4nc3c2nc1CNCCCNCCCNCCCNCCCNCCCNC4. The van der Waals surface area contributed by atoms with Gasteiger partial charge in [0.05, 0.1) is 22.4 Å². The molecule has 8 nitrogen and oxygen atoms in total. The maximum absolute atomic E-state index is 5.00. The van der Waals surface area contributed by atoms with Gasteiger partial charge in [0.15, 0.2) is 0 Å². The first-order valence-corrected chi connectivity index (χ1v) is 14.3. The van der Waals surface area contributed by atoms with E-state index < -0.39 is 0 Å². The summed E-state index contributed by atoms with van der Waals surface area (Å²) in [6.07, 6.45) is 5.76. The molecule has 4 rings (SSSR count). The molecule has 0 amide bonds. The van der Waals surface area contributed by atoms with Gasteiger partial charge in [0, 0.05) is 23.9 Å². The molecule has 202 valence electrons. The molecule has 0 fully saturated rings. The average Bonchev–Trinajstić information content (AvgIpc) is 2.92. The lowest BCUT2D eigenvalue weighted by Crippen LogP contribution is -2.28. The molecule has 0 spiro atoms. The van der Waals surface area contributed by atoms with Gasteiger partial charge in [-0.05, 0) is 110 Å². The molecular formula is C29H46N8. The summed E-state index contributed by atoms with van der Waals surface area (Å²) >= 11 is 0. The van der Waals surface area contributed by atoms with E-state index in [0.29, 0.717) is 0 Å². The molecule has 0 saturated heterocycles. The summed E-state index contributed by atoms with van der Waals surface area (Å²) in [4.78, 5) is 9.99. The minimum absolute atomic E-state index is 0.778. The van der Waals surface area contributed by atoms with E-state index in [9.17, 15) is 0 Å². The topological polar surface area (TPSA) is 98.0 Å². The van der Waals surface area contributed by atoms with Crippen LogP contribution in [-0.2, 0) is 13.1 Å². The fraction of sp³-hybridized carbons (Fsp3) is 0.586. The van der Waals surface area contributed by atoms with Crippen molar-refractivity contribution in [2.75, 3.05) is 65.4 Å². The van der Waals surface area contributed by atoms with Crippen molar-refractivity contribution in [3.63, 3.8) is 0 Å². The van der Waals surface area contributed by atoms with Gasteiger partial charge < -0.3 is 31.9 Å². The summed E-state index contributed by atoms with van der Waals surface area (Å²) < 4.78 is 0. The van der Waals surface area contributed by atoms with E-state index in [1.165, 1.54) is 19.3 Å². The van der Waals surface area contributed by atoms with E-state index in [1.54, 1.807) is 0 Å². The van der Waals surface area contributed by atoms with E-state index in [-0.39, 0.29) is 0 Å². The molecule has 3 heterocycles. The van der Waals surface area contributed by atoms with Crippen LogP contribution in [-0.4, -0.2) is 75.4 Å². The standard InChI is InChI=1S/C29H46N8/c1-12-30-14-2-16-32-18-4-20-34-22-26-10-8-24-6-7-25-9-11-27(37-29(25)28(24)36-26)23-35-21-5-19-33-17-3-15-31-13-1/h6-11,30-35H,1-5,12-23H2. The maximum Gasteiger partial charge on any atom is 0.0968 e. The third kappa shape index (κ3) is 9.89. The van der Waals surface area contributed by atoms with Gasteiger partial charge in [-0.1, -0.05) is 24.3 Å². The summed E-state index contributed by atoms with van der Waals surface area (Å²) in [5.74, 6) is 0. The predicted molar refractivity (Wildman–Crippen MR) is 155 cm³/mol. The Morgan fingerprint density at radius 1 is 0.378 bits per heavy atom. The Hall–Kier alpha value is -2.20. The summed E-state index contributed by atoms with van der Waals surface area (Å²) in [7, 11) is 0. The molecule has 6 N–H and O–H groups in total. The highest BCUT2D eigenvalue weighted by Crippen LogP contribution is 2.23. The number of pyridine rings is 2. The van der Waals surface area contributed by atoms with Crippen LogP contribution in [0.4, 0.5) is 0 Å². The second-order valence-corrected chi connectivity index (χ2v) is 9.94. The zero-order chi connectivity index (χ0) is 25.4. The van der Waals surface area contributed by atoms with Gasteiger partial charge in [-0.2, -0.15) is 0 Å². The van der Waals surface area contributed by atoms with Gasteiger partial charge in [-0.25, -0.2) is 9.97 Å². The molecule has 0 aliphatic carbocycles. The highest BCUT2D eigenvalue weighted by atomic mass is 14.9. The van der Waals surface area contributed by atoms with Crippen LogP contribution in [0.3, 0.4) is 0 Å². The highest BCUT2D eigenvalue weighted by Gasteiger charge is 2.07. The van der Waals surface area contributed by atoms with Crippen LogP contribution in [0.15, 0.2) is 36.4 Å². The summed E-state index contributed by atoms with van der Waals surface area (Å²) in [5.41, 5.74) is 4.13. The number of hydrogen-bond acceptors (Lipinski definition) is 8. The van der Waals surface area contributed by atoms with Crippen molar-refractivity contribution in [1.82, 2.24) is 41.9 Å². The van der Waals surface area contributed by atoms with Crippen molar-refractivity contribution in [2.24, 2.45) is 0 Å². The van der Waals surface area contributed by atoms with Crippen LogP contribution >= 0.6 is 0 Å². The van der Waals surface area contributed by atoms with Crippen molar-refractivity contribution in [3.8, 4) is 0 Å². The Morgan fingerprint density at radius 3 is 1.03 bits per heavy atom. The fourth-order valence-electron chi connectivity index (χ4n) is 4.67. The van der Waals surface area contributed by atoms with Crippen molar-refractivity contribution >= 4 is 21.8 Å². The van der Waals surface area contributed by atoms with Gasteiger partial charge in [0.25, 0.3) is 0 Å². The third-order valence-corrected chi connectivity index (χ3v) is 6.78. The zero-order valence-corrected chi connectivity index (χ0v) is 22.4. The van der Waals surface area contributed by atoms with Gasteiger partial charge in [-0.15, -0.1) is 0 Å². The molecule has 37 heavy (non-hydrogen) atoms. The second kappa shape index (κ2) is 16.6. The highest BCUT2D eigenvalue weighted by molar-refractivity contribution is 6.02. The van der Waals surface area contributed by atoms with Gasteiger partial charge in [0.1, 0.15) is 0 Å². The number of hydrogen-bond donors (Lipinski definition) is 6. The molecule has 2 aromatic heterocycles. The molecule has 0 radical (unpaired) electrons. The van der Waals surface area contributed by atoms with E-state index in [0.717, 1.165) is 125 Å². The average molecular weight is 507 g/mol. The van der Waals surface area contributed by atoms with Gasteiger partial charge in [0.2, 0.25) is 0 Å². The lowest BCUT2D eigenvalue weighted by atomic mass is 10.1. The number of benzene rings is 1. The van der Waals surface area contributed by atoms with E-state index in [1.807, 2.05) is 0 Å². The third-order valence-electron chi connectivity index (χ3n) is 6.78. The summed E-state index contributed by atoms with van der Waals surface area (Å²) in [5, 5.41) is 23.6. The summed E-state index contributed by atoms with van der Waals surface area (Å²) in [6.45, 7) is 12.1. The van der Waals surface area contributed by atoms with Crippen molar-refractivity contribution in [1.29, 1.82) is 0 Å². The normalized spacial score (nSPS) is 19.6. The molecule has 4 bridgehead atoms. The van der Waals surface area contributed by atoms with Gasteiger partial charge in [-0.3, -0.25) is 0 Å². The van der Waals surface area contributed by atoms with Crippen molar-refractivity contribution in [2.45, 2.75) is 45.2 Å². The molecule has 0 atom stereocenters. The lowest BCUT2D eigenvalue weighted by molar-refractivity contribution is 0.539. The molecule has 0 unspecified atom stereocenters. The first kappa shape index (κ1) is 27.8. The largest absolute Gasteiger partial charge is 0.317 e.